The third-order valence-corrected chi connectivity index (χ3v) is 2.44. The van der Waals surface area contributed by atoms with Gasteiger partial charge in [-0.1, -0.05) is 5.16 Å². The minimum atomic E-state index is -0.123. The molecular weight excluding hydrogens is 170 g/mol. The van der Waals surface area contributed by atoms with Crippen LogP contribution in [0.2, 0.25) is 0 Å². The van der Waals surface area contributed by atoms with Gasteiger partial charge in [-0.15, -0.1) is 0 Å². The molecule has 1 aliphatic carbocycles. The van der Waals surface area contributed by atoms with Gasteiger partial charge in [-0.05, 0) is 12.8 Å². The Kier molecular flexibility index (Phi) is 2.02. The molecule has 0 saturated heterocycles. The molecule has 13 heavy (non-hydrogen) atoms. The van der Waals surface area contributed by atoms with E-state index in [0.717, 1.165) is 24.2 Å². The minimum Gasteiger partial charge on any atom is -0.361 e. The predicted octanol–water partition coefficient (Wildman–Crippen LogP) is -0.231. The van der Waals surface area contributed by atoms with Crippen LogP contribution in [0, 0.1) is 5.92 Å². The van der Waals surface area contributed by atoms with Crippen molar-refractivity contribution in [2.45, 2.75) is 19.3 Å². The zero-order valence-electron chi connectivity index (χ0n) is 7.12. The summed E-state index contributed by atoms with van der Waals surface area (Å²) < 4.78 is 5.01. The number of nitrogens with zero attached hydrogens (tertiary/aromatic N) is 1. The van der Waals surface area contributed by atoms with Gasteiger partial charge in [0, 0.05) is 17.9 Å². The minimum absolute atomic E-state index is 0.0644. The first-order chi connectivity index (χ1) is 6.31. The molecule has 2 rings (SSSR count). The predicted molar refractivity (Wildman–Crippen MR) is 44.3 cm³/mol. The molecule has 1 aliphatic rings. The summed E-state index contributed by atoms with van der Waals surface area (Å²) in [6.45, 7) is 0. The fourth-order valence-corrected chi connectivity index (χ4v) is 1.65. The van der Waals surface area contributed by atoms with Crippen molar-refractivity contribution in [3.8, 4) is 0 Å². The Bertz CT molecular complexity index is 321. The van der Waals surface area contributed by atoms with E-state index in [2.05, 4.69) is 10.6 Å². The first-order valence-corrected chi connectivity index (χ1v) is 4.24. The number of hydrazine groups is 1. The maximum absolute atomic E-state index is 11.2. The van der Waals surface area contributed by atoms with Crippen LogP contribution >= 0.6 is 0 Å². The highest BCUT2D eigenvalue weighted by molar-refractivity contribution is 5.78. The molecule has 0 aromatic carbocycles. The van der Waals surface area contributed by atoms with Crippen molar-refractivity contribution in [3.05, 3.63) is 17.5 Å². The lowest BCUT2D eigenvalue weighted by Crippen LogP contribution is -2.38. The first kappa shape index (κ1) is 8.25. The number of aromatic nitrogens is 1. The average molecular weight is 181 g/mol. The number of amides is 1. The highest BCUT2D eigenvalue weighted by Gasteiger charge is 2.26. The molecule has 3 N–H and O–H groups in total. The fourth-order valence-electron chi connectivity index (χ4n) is 1.65. The van der Waals surface area contributed by atoms with Crippen molar-refractivity contribution in [1.29, 1.82) is 0 Å². The number of hydrogen-bond acceptors (Lipinski definition) is 4. The van der Waals surface area contributed by atoms with E-state index in [0.29, 0.717) is 6.42 Å². The molecule has 0 aliphatic heterocycles. The van der Waals surface area contributed by atoms with Gasteiger partial charge < -0.3 is 4.52 Å². The maximum atomic E-state index is 11.2. The molecule has 1 heterocycles. The van der Waals surface area contributed by atoms with Crippen molar-refractivity contribution < 1.29 is 9.32 Å². The van der Waals surface area contributed by atoms with E-state index in [4.69, 9.17) is 10.4 Å². The number of carbonyl (C=O) groups is 1. The summed E-state index contributed by atoms with van der Waals surface area (Å²) in [6.07, 6.45) is 3.98. The molecule has 1 aromatic rings. The molecule has 1 amide bonds. The van der Waals surface area contributed by atoms with Crippen LogP contribution in [-0.2, 0) is 17.6 Å². The Labute approximate surface area is 75.2 Å². The molecule has 0 spiro atoms. The van der Waals surface area contributed by atoms with Crippen LogP contribution in [0.15, 0.2) is 10.7 Å². The number of nitrogens with one attached hydrogen (secondary N) is 1. The van der Waals surface area contributed by atoms with Crippen molar-refractivity contribution in [3.63, 3.8) is 0 Å². The van der Waals surface area contributed by atoms with Gasteiger partial charge in [0.2, 0.25) is 5.91 Å². The molecule has 0 fully saturated rings. The molecule has 0 bridgehead atoms. The second-order valence-corrected chi connectivity index (χ2v) is 3.22. The molecule has 0 radical (unpaired) electrons. The quantitative estimate of drug-likeness (QED) is 0.356. The summed E-state index contributed by atoms with van der Waals surface area (Å²) >= 11 is 0. The van der Waals surface area contributed by atoms with Crippen LogP contribution < -0.4 is 11.3 Å². The van der Waals surface area contributed by atoms with E-state index < -0.39 is 0 Å². The number of fused-ring (bicyclic) bond motifs is 1. The van der Waals surface area contributed by atoms with Crippen molar-refractivity contribution in [2.75, 3.05) is 0 Å². The normalized spacial score (nSPS) is 20.8. The van der Waals surface area contributed by atoms with Gasteiger partial charge in [0.25, 0.3) is 0 Å². The molecule has 0 unspecified atom stereocenters. The Hall–Kier alpha value is -1.36. The average Bonchev–Trinajstić information content (AvgIpc) is 2.63. The van der Waals surface area contributed by atoms with Gasteiger partial charge in [-0.3, -0.25) is 10.2 Å². The highest BCUT2D eigenvalue weighted by atomic mass is 16.5. The van der Waals surface area contributed by atoms with E-state index in [1.54, 1.807) is 6.20 Å². The van der Waals surface area contributed by atoms with E-state index in [-0.39, 0.29) is 11.8 Å². The van der Waals surface area contributed by atoms with Crippen LogP contribution in [0.4, 0.5) is 0 Å². The summed E-state index contributed by atoms with van der Waals surface area (Å²) in [6, 6.07) is 0. The van der Waals surface area contributed by atoms with E-state index in [1.807, 2.05) is 0 Å². The van der Waals surface area contributed by atoms with Crippen molar-refractivity contribution in [1.82, 2.24) is 10.6 Å². The number of carbonyl (C=O) groups excluding carboxylic acids is 1. The van der Waals surface area contributed by atoms with E-state index in [9.17, 15) is 4.79 Å². The zero-order valence-corrected chi connectivity index (χ0v) is 7.12. The lowest BCUT2D eigenvalue weighted by Gasteiger charge is -2.17. The third-order valence-electron chi connectivity index (χ3n) is 2.44. The van der Waals surface area contributed by atoms with Crippen molar-refractivity contribution >= 4 is 5.91 Å². The fraction of sp³-hybridized carbons (Fsp3) is 0.500. The summed E-state index contributed by atoms with van der Waals surface area (Å²) in [7, 11) is 0. The largest absolute Gasteiger partial charge is 0.361 e. The van der Waals surface area contributed by atoms with Gasteiger partial charge in [0.1, 0.15) is 5.76 Å². The van der Waals surface area contributed by atoms with Gasteiger partial charge in [0.15, 0.2) is 0 Å². The van der Waals surface area contributed by atoms with Crippen LogP contribution in [0.5, 0.6) is 0 Å². The number of nitrogens with two attached hydrogens (primary N) is 1. The molecule has 1 atom stereocenters. The van der Waals surface area contributed by atoms with Crippen molar-refractivity contribution in [2.24, 2.45) is 11.8 Å². The molecule has 5 nitrogen and oxygen atoms in total. The van der Waals surface area contributed by atoms with Gasteiger partial charge in [0.05, 0.1) is 6.20 Å². The van der Waals surface area contributed by atoms with Gasteiger partial charge in [-0.2, -0.15) is 0 Å². The molecule has 70 valence electrons. The topological polar surface area (TPSA) is 81.1 Å². The summed E-state index contributed by atoms with van der Waals surface area (Å²) in [5, 5.41) is 3.69. The molecular formula is C8H11N3O2. The monoisotopic (exact) mass is 181 g/mol. The first-order valence-electron chi connectivity index (χ1n) is 4.24. The molecule has 1 aromatic heterocycles. The number of hydrogen-bond donors (Lipinski definition) is 2. The number of aryl methyl sites for hydroxylation is 1. The van der Waals surface area contributed by atoms with Gasteiger partial charge in [-0.25, -0.2) is 5.84 Å². The Morgan fingerprint density at radius 1 is 1.77 bits per heavy atom. The smallest absolute Gasteiger partial charge is 0.237 e. The highest BCUT2D eigenvalue weighted by Crippen LogP contribution is 2.24. The summed E-state index contributed by atoms with van der Waals surface area (Å²) in [4.78, 5) is 11.2. The van der Waals surface area contributed by atoms with E-state index >= 15 is 0 Å². The van der Waals surface area contributed by atoms with E-state index in [1.165, 1.54) is 0 Å². The van der Waals surface area contributed by atoms with Crippen LogP contribution in [-0.4, -0.2) is 11.1 Å². The molecule has 5 heteroatoms. The third kappa shape index (κ3) is 1.42. The van der Waals surface area contributed by atoms with Crippen LogP contribution in [0.1, 0.15) is 17.7 Å². The molecule has 0 saturated carbocycles. The lowest BCUT2D eigenvalue weighted by molar-refractivity contribution is -0.125. The Morgan fingerprint density at radius 3 is 3.38 bits per heavy atom. The van der Waals surface area contributed by atoms with Crippen LogP contribution in [0.25, 0.3) is 0 Å². The Balaban J connectivity index is 2.13. The second-order valence-electron chi connectivity index (χ2n) is 3.22. The van der Waals surface area contributed by atoms with Crippen LogP contribution in [0.3, 0.4) is 0 Å². The Morgan fingerprint density at radius 2 is 2.62 bits per heavy atom. The second kappa shape index (κ2) is 3.18. The SMILES string of the molecule is NNC(=O)[C@H]1CCc2cnoc2C1. The number of rotatable bonds is 1. The van der Waals surface area contributed by atoms with Gasteiger partial charge >= 0.3 is 0 Å². The summed E-state index contributed by atoms with van der Waals surface area (Å²) in [5.41, 5.74) is 3.27. The lowest BCUT2D eigenvalue weighted by atomic mass is 9.88. The zero-order chi connectivity index (χ0) is 9.26. The standard InChI is InChI=1S/C8H11N3O2/c9-11-8(12)5-1-2-6-4-10-13-7(6)3-5/h4-5H,1-3,9H2,(H,11,12)/t5-/m0/s1. The summed E-state index contributed by atoms with van der Waals surface area (Å²) in [5.74, 6) is 5.68. The maximum Gasteiger partial charge on any atom is 0.237 e.